The lowest BCUT2D eigenvalue weighted by atomic mass is 10.2. The number of nitrogens with zero attached hydrogens (tertiary/aromatic N) is 1. The molecule has 0 bridgehead atoms. The van der Waals surface area contributed by atoms with Crippen molar-refractivity contribution in [1.29, 1.82) is 0 Å². The molecule has 2 heterocycles. The molecule has 1 saturated carbocycles. The molecule has 2 aliphatic rings. The monoisotopic (exact) mass is 362 g/mol. The molecule has 106 valence electrons. The van der Waals surface area contributed by atoms with Crippen LogP contribution < -0.4 is 5.32 Å². The van der Waals surface area contributed by atoms with Crippen LogP contribution in [0.25, 0.3) is 0 Å². The lowest BCUT2D eigenvalue weighted by Gasteiger charge is -2.25. The van der Waals surface area contributed by atoms with Crippen LogP contribution in [-0.2, 0) is 6.54 Å². The summed E-state index contributed by atoms with van der Waals surface area (Å²) in [5, 5.41) is 3.61. The Morgan fingerprint density at radius 1 is 1.37 bits per heavy atom. The zero-order chi connectivity index (χ0) is 13.2. The number of hydrogen-bond acceptors (Lipinski definition) is 3. The van der Waals surface area contributed by atoms with Crippen LogP contribution in [0.5, 0.6) is 0 Å². The molecule has 1 N–H and O–H groups in total. The average molecular weight is 364 g/mol. The van der Waals surface area contributed by atoms with E-state index < -0.39 is 0 Å². The summed E-state index contributed by atoms with van der Waals surface area (Å²) < 4.78 is 1.92. The van der Waals surface area contributed by atoms with Crippen LogP contribution in [0.1, 0.15) is 30.6 Å². The number of hydrogen-bond donors (Lipinski definition) is 1. The smallest absolute Gasteiger partial charge is 0.107 e. The van der Waals surface area contributed by atoms with Crippen molar-refractivity contribution in [1.82, 2.24) is 10.2 Å². The summed E-state index contributed by atoms with van der Waals surface area (Å²) in [7, 11) is 0. The number of nitrogens with one attached hydrogen (secondary N) is 1. The summed E-state index contributed by atoms with van der Waals surface area (Å²) in [5.41, 5.74) is 0. The first-order valence-corrected chi connectivity index (χ1v) is 9.09. The van der Waals surface area contributed by atoms with Gasteiger partial charge in [-0.05, 0) is 60.1 Å². The van der Waals surface area contributed by atoms with E-state index in [1.165, 1.54) is 50.2 Å². The molecule has 0 spiro atoms. The van der Waals surface area contributed by atoms with E-state index in [4.69, 9.17) is 11.6 Å². The molecule has 1 unspecified atom stereocenters. The Bertz CT molecular complexity index is 408. The van der Waals surface area contributed by atoms with Gasteiger partial charge in [-0.3, -0.25) is 4.90 Å². The zero-order valence-electron chi connectivity index (χ0n) is 11.0. The maximum Gasteiger partial charge on any atom is 0.107 e. The number of rotatable bonds is 6. The summed E-state index contributed by atoms with van der Waals surface area (Å²) in [4.78, 5) is 3.99. The Labute approximate surface area is 132 Å². The highest BCUT2D eigenvalue weighted by Crippen LogP contribution is 2.34. The minimum absolute atomic E-state index is 0.692. The molecule has 0 aromatic carbocycles. The highest BCUT2D eigenvalue weighted by atomic mass is 79.9. The second-order valence-corrected chi connectivity index (χ2v) is 8.36. The Morgan fingerprint density at radius 2 is 2.21 bits per heavy atom. The summed E-state index contributed by atoms with van der Waals surface area (Å²) in [6.45, 7) is 4.68. The van der Waals surface area contributed by atoms with Crippen LogP contribution in [0.15, 0.2) is 10.5 Å². The van der Waals surface area contributed by atoms with Gasteiger partial charge in [-0.15, -0.1) is 11.3 Å². The minimum atomic E-state index is 0.692. The fourth-order valence-electron chi connectivity index (χ4n) is 2.78. The second-order valence-electron chi connectivity index (χ2n) is 5.77. The van der Waals surface area contributed by atoms with Crippen molar-refractivity contribution in [2.75, 3.05) is 19.6 Å². The van der Waals surface area contributed by atoms with Crippen molar-refractivity contribution in [2.24, 2.45) is 5.92 Å². The first-order valence-electron chi connectivity index (χ1n) is 7.10. The van der Waals surface area contributed by atoms with Gasteiger partial charge in [0.15, 0.2) is 0 Å². The van der Waals surface area contributed by atoms with Crippen LogP contribution in [0.4, 0.5) is 0 Å². The van der Waals surface area contributed by atoms with E-state index in [-0.39, 0.29) is 0 Å². The fourth-order valence-corrected chi connectivity index (χ4v) is 4.62. The van der Waals surface area contributed by atoms with Crippen molar-refractivity contribution in [3.63, 3.8) is 0 Å². The Hall–Kier alpha value is 0.390. The predicted molar refractivity (Wildman–Crippen MR) is 86.1 cm³/mol. The average Bonchev–Trinajstić information content (AvgIpc) is 2.91. The van der Waals surface area contributed by atoms with Crippen LogP contribution in [-0.4, -0.2) is 30.6 Å². The quantitative estimate of drug-likeness (QED) is 0.817. The molecule has 2 nitrogen and oxygen atoms in total. The lowest BCUT2D eigenvalue weighted by Crippen LogP contribution is -2.38. The molecule has 5 heteroatoms. The van der Waals surface area contributed by atoms with Gasteiger partial charge in [0.05, 0.1) is 0 Å². The molecule has 1 aromatic heterocycles. The summed E-state index contributed by atoms with van der Waals surface area (Å²) in [6.07, 6.45) is 5.50. The minimum Gasteiger partial charge on any atom is -0.313 e. The van der Waals surface area contributed by atoms with Crippen molar-refractivity contribution in [3.05, 3.63) is 19.8 Å². The molecule has 3 rings (SSSR count). The van der Waals surface area contributed by atoms with Gasteiger partial charge in [0.1, 0.15) is 4.34 Å². The lowest BCUT2D eigenvalue weighted by molar-refractivity contribution is 0.233. The van der Waals surface area contributed by atoms with E-state index in [1.54, 1.807) is 11.3 Å². The molecule has 1 aliphatic heterocycles. The van der Waals surface area contributed by atoms with Crippen molar-refractivity contribution < 1.29 is 0 Å². The van der Waals surface area contributed by atoms with Crippen LogP contribution in [0, 0.1) is 5.92 Å². The van der Waals surface area contributed by atoms with E-state index in [9.17, 15) is 0 Å². The summed E-state index contributed by atoms with van der Waals surface area (Å²) in [6, 6.07) is 2.87. The van der Waals surface area contributed by atoms with Crippen molar-refractivity contribution in [3.8, 4) is 0 Å². The second kappa shape index (κ2) is 6.44. The largest absolute Gasteiger partial charge is 0.313 e. The molecule has 2 fully saturated rings. The van der Waals surface area contributed by atoms with Crippen LogP contribution in [0.2, 0.25) is 4.34 Å². The zero-order valence-corrected chi connectivity index (χ0v) is 14.2. The van der Waals surface area contributed by atoms with E-state index >= 15 is 0 Å². The molecular formula is C14H20BrClN2S. The standard InChI is InChI=1S/C14H20BrClN2S/c15-13-6-12(19-14(13)16)9-18(7-10-3-4-10)8-11-2-1-5-17-11/h6,10-11,17H,1-5,7-9H2. The SMILES string of the molecule is Clc1sc(CN(CC2CC2)CC2CCCN2)cc1Br. The van der Waals surface area contributed by atoms with Crippen molar-refractivity contribution in [2.45, 2.75) is 38.3 Å². The van der Waals surface area contributed by atoms with Gasteiger partial charge in [-0.2, -0.15) is 0 Å². The number of halogens is 2. The Balaban J connectivity index is 1.60. The molecule has 1 aromatic rings. The highest BCUT2D eigenvalue weighted by Gasteiger charge is 2.26. The van der Waals surface area contributed by atoms with Gasteiger partial charge in [0.2, 0.25) is 0 Å². The normalized spacial score (nSPS) is 23.4. The van der Waals surface area contributed by atoms with E-state index in [2.05, 4.69) is 32.2 Å². The molecule has 1 saturated heterocycles. The first kappa shape index (κ1) is 14.3. The fraction of sp³-hybridized carbons (Fsp3) is 0.714. The third kappa shape index (κ3) is 4.18. The third-order valence-corrected chi connectivity index (χ3v) is 6.39. The maximum absolute atomic E-state index is 6.14. The predicted octanol–water partition coefficient (Wildman–Crippen LogP) is 4.13. The van der Waals surface area contributed by atoms with Gasteiger partial charge >= 0.3 is 0 Å². The molecule has 1 atom stereocenters. The van der Waals surface area contributed by atoms with Crippen molar-refractivity contribution >= 4 is 38.9 Å². The van der Waals surface area contributed by atoms with Gasteiger partial charge in [0.25, 0.3) is 0 Å². The first-order chi connectivity index (χ1) is 9.20. The Morgan fingerprint density at radius 3 is 2.79 bits per heavy atom. The third-order valence-electron chi connectivity index (χ3n) is 3.93. The van der Waals surface area contributed by atoms with Crippen LogP contribution in [0.3, 0.4) is 0 Å². The summed E-state index contributed by atoms with van der Waals surface area (Å²) >= 11 is 11.4. The van der Waals surface area contributed by atoms with E-state index in [0.717, 1.165) is 21.3 Å². The van der Waals surface area contributed by atoms with E-state index in [1.807, 2.05) is 0 Å². The molecule has 1 aliphatic carbocycles. The molecule has 0 radical (unpaired) electrons. The van der Waals surface area contributed by atoms with E-state index in [0.29, 0.717) is 6.04 Å². The topological polar surface area (TPSA) is 15.3 Å². The molecular weight excluding hydrogens is 344 g/mol. The van der Waals surface area contributed by atoms with Gasteiger partial charge < -0.3 is 5.32 Å². The summed E-state index contributed by atoms with van der Waals surface area (Å²) in [5.74, 6) is 0.945. The highest BCUT2D eigenvalue weighted by molar-refractivity contribution is 9.10. The van der Waals surface area contributed by atoms with Gasteiger partial charge in [-0.25, -0.2) is 0 Å². The van der Waals surface area contributed by atoms with Crippen LogP contribution >= 0.6 is 38.9 Å². The maximum atomic E-state index is 6.14. The molecule has 0 amide bonds. The van der Waals surface area contributed by atoms with Gasteiger partial charge in [-0.1, -0.05) is 11.6 Å². The van der Waals surface area contributed by atoms with Gasteiger partial charge in [0, 0.05) is 35.0 Å². The number of thiophene rings is 1. The molecule has 19 heavy (non-hydrogen) atoms. The Kier molecular flexibility index (Phi) is 4.86.